The number of anilines is 1. The van der Waals surface area contributed by atoms with Crippen LogP contribution in [0.25, 0.3) is 0 Å². The minimum Gasteiger partial charge on any atom is -0.438 e. The van der Waals surface area contributed by atoms with Crippen LogP contribution in [0, 0.1) is 0 Å². The third kappa shape index (κ3) is 2.27. The molecule has 2 heterocycles. The van der Waals surface area contributed by atoms with Crippen LogP contribution in [0.15, 0.2) is 16.5 Å². The number of furan rings is 1. The molecule has 1 fully saturated rings. The molecule has 0 bridgehead atoms. The minimum absolute atomic E-state index is 0.161. The summed E-state index contributed by atoms with van der Waals surface area (Å²) in [5, 5.41) is 0. The summed E-state index contributed by atoms with van der Waals surface area (Å²) < 4.78 is 11.2. The molecule has 4 heteroatoms. The summed E-state index contributed by atoms with van der Waals surface area (Å²) in [5.74, 6) is 1.11. The molecule has 1 saturated heterocycles. The van der Waals surface area contributed by atoms with Gasteiger partial charge < -0.3 is 14.1 Å². The van der Waals surface area contributed by atoms with Gasteiger partial charge in [0.2, 0.25) is 0 Å². The maximum absolute atomic E-state index is 10.6. The van der Waals surface area contributed by atoms with Crippen molar-refractivity contribution >= 4 is 12.2 Å². The number of rotatable bonds is 2. The Kier molecular flexibility index (Phi) is 2.76. The monoisotopic (exact) mass is 223 g/mol. The molecule has 1 aliphatic rings. The normalized spacial score (nSPS) is 24.4. The second-order valence-corrected chi connectivity index (χ2v) is 4.86. The summed E-state index contributed by atoms with van der Waals surface area (Å²) in [6, 6.07) is 3.52. The average molecular weight is 223 g/mol. The Hall–Kier alpha value is -1.29. The molecule has 0 radical (unpaired) electrons. The number of ether oxygens (including phenoxy) is 1. The van der Waals surface area contributed by atoms with Crippen LogP contribution in [0.2, 0.25) is 0 Å². The van der Waals surface area contributed by atoms with Crippen LogP contribution < -0.4 is 4.90 Å². The minimum atomic E-state index is -0.189. The Morgan fingerprint density at radius 3 is 2.81 bits per heavy atom. The number of carbonyl (C=O) groups is 1. The average Bonchev–Trinajstić information content (AvgIpc) is 2.62. The molecule has 16 heavy (non-hydrogen) atoms. The smallest absolute Gasteiger partial charge is 0.196 e. The highest BCUT2D eigenvalue weighted by Gasteiger charge is 2.32. The van der Waals surface area contributed by atoms with Gasteiger partial charge in [-0.25, -0.2) is 0 Å². The lowest BCUT2D eigenvalue weighted by molar-refractivity contribution is -0.0758. The van der Waals surface area contributed by atoms with Crippen molar-refractivity contribution in [1.29, 1.82) is 0 Å². The number of nitrogens with zero attached hydrogens (tertiary/aromatic N) is 1. The van der Waals surface area contributed by atoms with Gasteiger partial charge in [0.05, 0.1) is 11.7 Å². The highest BCUT2D eigenvalue weighted by atomic mass is 16.5. The van der Waals surface area contributed by atoms with Crippen molar-refractivity contribution in [3.05, 3.63) is 17.9 Å². The quantitative estimate of drug-likeness (QED) is 0.720. The van der Waals surface area contributed by atoms with Crippen molar-refractivity contribution in [3.63, 3.8) is 0 Å². The summed E-state index contributed by atoms with van der Waals surface area (Å²) >= 11 is 0. The SMILES string of the molecule is CC1CN(c2ccc(C=O)o2)CC(C)(C)O1. The van der Waals surface area contributed by atoms with E-state index in [1.807, 2.05) is 13.0 Å². The van der Waals surface area contributed by atoms with E-state index in [9.17, 15) is 4.79 Å². The Morgan fingerprint density at radius 2 is 2.25 bits per heavy atom. The summed E-state index contributed by atoms with van der Waals surface area (Å²) in [5.41, 5.74) is -0.189. The summed E-state index contributed by atoms with van der Waals surface area (Å²) in [6.07, 6.45) is 0.881. The van der Waals surface area contributed by atoms with Gasteiger partial charge >= 0.3 is 0 Å². The van der Waals surface area contributed by atoms with Gasteiger partial charge in [0.25, 0.3) is 0 Å². The van der Waals surface area contributed by atoms with Crippen molar-refractivity contribution in [2.75, 3.05) is 18.0 Å². The zero-order valence-corrected chi connectivity index (χ0v) is 9.90. The van der Waals surface area contributed by atoms with E-state index in [4.69, 9.17) is 9.15 Å². The Labute approximate surface area is 95.2 Å². The van der Waals surface area contributed by atoms with Crippen molar-refractivity contribution in [3.8, 4) is 0 Å². The second kappa shape index (κ2) is 3.94. The van der Waals surface area contributed by atoms with Gasteiger partial charge in [0, 0.05) is 19.2 Å². The molecule has 1 aromatic heterocycles. The van der Waals surface area contributed by atoms with Crippen LogP contribution in [0.1, 0.15) is 31.3 Å². The molecule has 1 atom stereocenters. The molecule has 88 valence electrons. The lowest BCUT2D eigenvalue weighted by Gasteiger charge is -2.41. The highest BCUT2D eigenvalue weighted by molar-refractivity contribution is 5.71. The topological polar surface area (TPSA) is 42.7 Å². The van der Waals surface area contributed by atoms with Gasteiger partial charge in [-0.3, -0.25) is 4.79 Å². The highest BCUT2D eigenvalue weighted by Crippen LogP contribution is 2.26. The largest absolute Gasteiger partial charge is 0.438 e. The summed E-state index contributed by atoms with van der Waals surface area (Å²) in [7, 11) is 0. The van der Waals surface area contributed by atoms with E-state index in [0.717, 1.165) is 25.3 Å². The van der Waals surface area contributed by atoms with E-state index >= 15 is 0 Å². The molecule has 4 nitrogen and oxygen atoms in total. The van der Waals surface area contributed by atoms with E-state index in [1.54, 1.807) is 6.07 Å². The molecular formula is C12H17NO3. The van der Waals surface area contributed by atoms with Crippen molar-refractivity contribution < 1.29 is 13.9 Å². The fourth-order valence-electron chi connectivity index (χ4n) is 2.20. The van der Waals surface area contributed by atoms with Crippen LogP contribution in [0.4, 0.5) is 5.88 Å². The molecule has 2 rings (SSSR count). The number of hydrogen-bond donors (Lipinski definition) is 0. The first kappa shape index (κ1) is 11.2. The second-order valence-electron chi connectivity index (χ2n) is 4.86. The van der Waals surface area contributed by atoms with E-state index < -0.39 is 0 Å². The molecule has 0 saturated carbocycles. The number of carbonyl (C=O) groups excluding carboxylic acids is 1. The fourth-order valence-corrected chi connectivity index (χ4v) is 2.20. The van der Waals surface area contributed by atoms with E-state index in [1.165, 1.54) is 0 Å². The molecule has 0 amide bonds. The van der Waals surface area contributed by atoms with Gasteiger partial charge in [0.1, 0.15) is 0 Å². The van der Waals surface area contributed by atoms with E-state index in [-0.39, 0.29) is 11.7 Å². The Morgan fingerprint density at radius 1 is 1.50 bits per heavy atom. The zero-order chi connectivity index (χ0) is 11.8. The maximum Gasteiger partial charge on any atom is 0.196 e. The van der Waals surface area contributed by atoms with Gasteiger partial charge in [-0.15, -0.1) is 0 Å². The third-order valence-corrected chi connectivity index (χ3v) is 2.61. The maximum atomic E-state index is 10.6. The van der Waals surface area contributed by atoms with Crippen LogP contribution in [0.3, 0.4) is 0 Å². The number of morpholine rings is 1. The van der Waals surface area contributed by atoms with Gasteiger partial charge in [-0.05, 0) is 26.8 Å². The predicted octanol–water partition coefficient (Wildman–Crippen LogP) is 2.10. The predicted molar refractivity (Wildman–Crippen MR) is 60.9 cm³/mol. The Bertz CT molecular complexity index is 383. The van der Waals surface area contributed by atoms with E-state index in [2.05, 4.69) is 18.7 Å². The molecule has 0 aromatic carbocycles. The van der Waals surface area contributed by atoms with Crippen LogP contribution >= 0.6 is 0 Å². The molecular weight excluding hydrogens is 206 g/mol. The van der Waals surface area contributed by atoms with Gasteiger partial charge in [-0.2, -0.15) is 0 Å². The first-order valence-corrected chi connectivity index (χ1v) is 5.48. The fraction of sp³-hybridized carbons (Fsp3) is 0.583. The molecule has 0 spiro atoms. The van der Waals surface area contributed by atoms with Crippen molar-refractivity contribution in [2.45, 2.75) is 32.5 Å². The first-order chi connectivity index (χ1) is 7.50. The lowest BCUT2D eigenvalue weighted by Crippen LogP contribution is -2.51. The van der Waals surface area contributed by atoms with Crippen molar-refractivity contribution in [1.82, 2.24) is 0 Å². The van der Waals surface area contributed by atoms with Crippen LogP contribution in [0.5, 0.6) is 0 Å². The molecule has 0 N–H and O–H groups in total. The molecule has 0 aliphatic carbocycles. The number of aldehydes is 1. The molecule has 1 unspecified atom stereocenters. The number of hydrogen-bond acceptors (Lipinski definition) is 4. The van der Waals surface area contributed by atoms with Crippen LogP contribution in [-0.2, 0) is 4.74 Å². The van der Waals surface area contributed by atoms with Crippen molar-refractivity contribution in [2.24, 2.45) is 0 Å². The third-order valence-electron chi connectivity index (χ3n) is 2.61. The summed E-state index contributed by atoms with van der Waals surface area (Å²) in [4.78, 5) is 12.7. The molecule has 1 aromatic rings. The first-order valence-electron chi connectivity index (χ1n) is 5.48. The Balaban J connectivity index is 2.17. The zero-order valence-electron chi connectivity index (χ0n) is 9.90. The van der Waals surface area contributed by atoms with E-state index in [0.29, 0.717) is 5.76 Å². The standard InChI is InChI=1S/C12H17NO3/c1-9-6-13(8-12(2,3)16-9)11-5-4-10(7-14)15-11/h4-5,7,9H,6,8H2,1-3H3. The summed E-state index contributed by atoms with van der Waals surface area (Å²) in [6.45, 7) is 7.70. The van der Waals surface area contributed by atoms with Gasteiger partial charge in [-0.1, -0.05) is 0 Å². The van der Waals surface area contributed by atoms with Crippen LogP contribution in [-0.4, -0.2) is 31.1 Å². The lowest BCUT2D eigenvalue weighted by atomic mass is 10.1. The molecule has 1 aliphatic heterocycles. The van der Waals surface area contributed by atoms with Gasteiger partial charge in [0.15, 0.2) is 17.9 Å².